The van der Waals surface area contributed by atoms with Gasteiger partial charge in [-0.2, -0.15) is 0 Å². The van der Waals surface area contributed by atoms with E-state index in [-0.39, 0.29) is 0 Å². The maximum atomic E-state index is 5.16. The Bertz CT molecular complexity index is 384. The first-order chi connectivity index (χ1) is 9.76. The fourth-order valence-electron chi connectivity index (χ4n) is 1.96. The van der Waals surface area contributed by atoms with Gasteiger partial charge >= 0.3 is 0 Å². The molecule has 20 heavy (non-hydrogen) atoms. The van der Waals surface area contributed by atoms with Crippen molar-refractivity contribution in [2.45, 2.75) is 26.2 Å². The van der Waals surface area contributed by atoms with Gasteiger partial charge in [-0.15, -0.1) is 0 Å². The highest BCUT2D eigenvalue weighted by molar-refractivity contribution is 5.27. The van der Waals surface area contributed by atoms with Gasteiger partial charge in [0.15, 0.2) is 0 Å². The molecule has 3 heteroatoms. The molecule has 0 spiro atoms. The number of methoxy groups -OCH3 is 2. The van der Waals surface area contributed by atoms with Crippen molar-refractivity contribution in [1.82, 2.24) is 5.32 Å². The third-order valence-electron chi connectivity index (χ3n) is 3.26. The lowest BCUT2D eigenvalue weighted by Crippen LogP contribution is -2.19. The lowest BCUT2D eigenvalue weighted by Gasteiger charge is -2.05. The van der Waals surface area contributed by atoms with Crippen molar-refractivity contribution < 1.29 is 9.47 Å². The van der Waals surface area contributed by atoms with Crippen LogP contribution in [0.5, 0.6) is 5.75 Å². The van der Waals surface area contributed by atoms with E-state index in [0.29, 0.717) is 0 Å². The maximum absolute atomic E-state index is 5.16. The zero-order valence-electron chi connectivity index (χ0n) is 12.9. The summed E-state index contributed by atoms with van der Waals surface area (Å²) in [6.45, 7) is 4.93. The van der Waals surface area contributed by atoms with Gasteiger partial charge in [0.2, 0.25) is 0 Å². The summed E-state index contributed by atoms with van der Waals surface area (Å²) in [5.41, 5.74) is 2.81. The molecule has 1 aromatic carbocycles. The van der Waals surface area contributed by atoms with Crippen molar-refractivity contribution in [2.75, 3.05) is 33.9 Å². The van der Waals surface area contributed by atoms with Crippen molar-refractivity contribution in [3.05, 3.63) is 41.5 Å². The highest BCUT2D eigenvalue weighted by atomic mass is 16.5. The molecule has 0 aliphatic carbocycles. The van der Waals surface area contributed by atoms with E-state index >= 15 is 0 Å². The molecule has 1 aromatic rings. The van der Waals surface area contributed by atoms with Crippen molar-refractivity contribution >= 4 is 0 Å². The summed E-state index contributed by atoms with van der Waals surface area (Å²) in [4.78, 5) is 0. The Morgan fingerprint density at radius 3 is 2.55 bits per heavy atom. The van der Waals surface area contributed by atoms with E-state index in [9.17, 15) is 0 Å². The molecule has 0 unspecified atom stereocenters. The third kappa shape index (κ3) is 7.31. The standard InChI is InChI=1S/C17H27NO2/c1-15(5-4-12-18-13-14-19-2)6-7-16-8-10-17(20-3)11-9-16/h5,8-11,18H,4,6-7,12-14H2,1-3H3. The van der Waals surface area contributed by atoms with Crippen molar-refractivity contribution in [3.8, 4) is 5.75 Å². The summed E-state index contributed by atoms with van der Waals surface area (Å²) in [5.74, 6) is 0.920. The molecule has 0 radical (unpaired) electrons. The predicted octanol–water partition coefficient (Wildman–Crippen LogP) is 3.20. The molecule has 0 aliphatic heterocycles. The van der Waals surface area contributed by atoms with E-state index in [1.807, 2.05) is 12.1 Å². The smallest absolute Gasteiger partial charge is 0.118 e. The highest BCUT2D eigenvalue weighted by Gasteiger charge is 1.96. The summed E-state index contributed by atoms with van der Waals surface area (Å²) in [6, 6.07) is 8.32. The Labute approximate surface area is 123 Å². The van der Waals surface area contributed by atoms with Gasteiger partial charge in [-0.1, -0.05) is 23.8 Å². The van der Waals surface area contributed by atoms with Gasteiger partial charge < -0.3 is 14.8 Å². The summed E-state index contributed by atoms with van der Waals surface area (Å²) < 4.78 is 10.1. The molecule has 0 aromatic heterocycles. The molecule has 0 amide bonds. The first kappa shape index (κ1) is 16.7. The Balaban J connectivity index is 2.19. The molecule has 0 bridgehead atoms. The molecule has 0 atom stereocenters. The van der Waals surface area contributed by atoms with Crippen molar-refractivity contribution in [3.63, 3.8) is 0 Å². The minimum Gasteiger partial charge on any atom is -0.497 e. The van der Waals surface area contributed by atoms with Gasteiger partial charge in [0.25, 0.3) is 0 Å². The summed E-state index contributed by atoms with van der Waals surface area (Å²) >= 11 is 0. The SMILES string of the molecule is COCCNCCC=C(C)CCc1ccc(OC)cc1. The van der Waals surface area contributed by atoms with Crippen LogP contribution in [0, 0.1) is 0 Å². The number of ether oxygens (including phenoxy) is 2. The van der Waals surface area contributed by atoms with Gasteiger partial charge in [-0.25, -0.2) is 0 Å². The van der Waals surface area contributed by atoms with E-state index in [4.69, 9.17) is 9.47 Å². The molecule has 0 heterocycles. The van der Waals surface area contributed by atoms with Gasteiger partial charge in [-0.05, 0) is 50.4 Å². The minimum atomic E-state index is 0.778. The second-order valence-corrected chi connectivity index (χ2v) is 4.93. The lowest BCUT2D eigenvalue weighted by atomic mass is 10.0. The molecular weight excluding hydrogens is 250 g/mol. The van der Waals surface area contributed by atoms with Gasteiger partial charge in [0.1, 0.15) is 5.75 Å². The van der Waals surface area contributed by atoms with Crippen LogP contribution < -0.4 is 10.1 Å². The number of nitrogens with one attached hydrogen (secondary N) is 1. The van der Waals surface area contributed by atoms with Crippen LogP contribution in [-0.4, -0.2) is 33.9 Å². The van der Waals surface area contributed by atoms with Crippen molar-refractivity contribution in [2.24, 2.45) is 0 Å². The molecule has 1 rings (SSSR count). The van der Waals surface area contributed by atoms with Crippen LogP contribution in [0.2, 0.25) is 0 Å². The quantitative estimate of drug-likeness (QED) is 0.526. The Morgan fingerprint density at radius 1 is 1.15 bits per heavy atom. The molecule has 3 nitrogen and oxygen atoms in total. The monoisotopic (exact) mass is 277 g/mol. The second-order valence-electron chi connectivity index (χ2n) is 4.93. The summed E-state index contributed by atoms with van der Waals surface area (Å²) in [6.07, 6.45) is 5.61. The highest BCUT2D eigenvalue weighted by Crippen LogP contribution is 2.14. The topological polar surface area (TPSA) is 30.5 Å². The third-order valence-corrected chi connectivity index (χ3v) is 3.26. The van der Waals surface area contributed by atoms with E-state index in [0.717, 1.165) is 44.7 Å². The van der Waals surface area contributed by atoms with Crippen LogP contribution in [0.4, 0.5) is 0 Å². The average Bonchev–Trinajstić information content (AvgIpc) is 2.49. The number of aryl methyl sites for hydroxylation is 1. The van der Waals surface area contributed by atoms with Crippen LogP contribution in [0.3, 0.4) is 0 Å². The largest absolute Gasteiger partial charge is 0.497 e. The Kier molecular flexibility index (Phi) is 8.76. The number of hydrogen-bond acceptors (Lipinski definition) is 3. The first-order valence-electron chi connectivity index (χ1n) is 7.24. The number of allylic oxidation sites excluding steroid dienone is 1. The van der Waals surface area contributed by atoms with Crippen LogP contribution in [0.1, 0.15) is 25.3 Å². The normalized spacial score (nSPS) is 11.7. The molecule has 0 saturated heterocycles. The number of benzene rings is 1. The van der Waals surface area contributed by atoms with Crippen molar-refractivity contribution in [1.29, 1.82) is 0 Å². The van der Waals surface area contributed by atoms with Gasteiger partial charge in [0, 0.05) is 13.7 Å². The number of rotatable bonds is 10. The van der Waals surface area contributed by atoms with Crippen LogP contribution in [0.25, 0.3) is 0 Å². The minimum absolute atomic E-state index is 0.778. The van der Waals surface area contributed by atoms with E-state index in [1.54, 1.807) is 14.2 Å². The molecule has 112 valence electrons. The fourth-order valence-corrected chi connectivity index (χ4v) is 1.96. The summed E-state index contributed by atoms with van der Waals surface area (Å²) in [5, 5.41) is 3.34. The lowest BCUT2D eigenvalue weighted by molar-refractivity contribution is 0.199. The van der Waals surface area contributed by atoms with Gasteiger partial charge in [-0.3, -0.25) is 0 Å². The molecule has 0 aliphatic rings. The molecular formula is C17H27NO2. The summed E-state index contributed by atoms with van der Waals surface area (Å²) in [7, 11) is 3.42. The number of hydrogen-bond donors (Lipinski definition) is 1. The maximum Gasteiger partial charge on any atom is 0.118 e. The second kappa shape index (κ2) is 10.5. The van der Waals surface area contributed by atoms with Crippen LogP contribution >= 0.6 is 0 Å². The van der Waals surface area contributed by atoms with E-state index in [2.05, 4.69) is 30.4 Å². The molecule has 1 N–H and O–H groups in total. The zero-order valence-corrected chi connectivity index (χ0v) is 12.9. The Hall–Kier alpha value is -1.32. The van der Waals surface area contributed by atoms with Crippen LogP contribution in [0.15, 0.2) is 35.9 Å². The Morgan fingerprint density at radius 2 is 1.90 bits per heavy atom. The average molecular weight is 277 g/mol. The van der Waals surface area contributed by atoms with Gasteiger partial charge in [0.05, 0.1) is 13.7 Å². The fraction of sp³-hybridized carbons (Fsp3) is 0.529. The van der Waals surface area contributed by atoms with E-state index < -0.39 is 0 Å². The predicted molar refractivity (Wildman–Crippen MR) is 84.4 cm³/mol. The van der Waals surface area contributed by atoms with E-state index in [1.165, 1.54) is 11.1 Å². The molecule has 0 saturated carbocycles. The van der Waals surface area contributed by atoms with Crippen LogP contribution in [-0.2, 0) is 11.2 Å². The molecule has 0 fully saturated rings. The first-order valence-corrected chi connectivity index (χ1v) is 7.24. The zero-order chi connectivity index (χ0) is 14.6.